The summed E-state index contributed by atoms with van der Waals surface area (Å²) in [5.41, 5.74) is 2.31. The molecular formula is C17H16N2O3S. The maximum absolute atomic E-state index is 11.6. The Labute approximate surface area is 137 Å². The van der Waals surface area contributed by atoms with E-state index in [1.54, 1.807) is 23.5 Å². The number of hydrogen-bond donors (Lipinski definition) is 1. The molecule has 0 spiro atoms. The molecule has 2 heterocycles. The molecule has 5 nitrogen and oxygen atoms in total. The van der Waals surface area contributed by atoms with Crippen molar-refractivity contribution < 1.29 is 14.7 Å². The van der Waals surface area contributed by atoms with E-state index in [2.05, 4.69) is 4.98 Å². The minimum absolute atomic E-state index is 0.00463. The fraction of sp³-hybridized carbons (Fsp3) is 0.235. The molecule has 0 aliphatic rings. The van der Waals surface area contributed by atoms with E-state index in [4.69, 9.17) is 5.11 Å². The Kier molecular flexibility index (Phi) is 4.25. The topological polar surface area (TPSA) is 72.2 Å². The van der Waals surface area contributed by atoms with Gasteiger partial charge in [-0.05, 0) is 43.0 Å². The van der Waals surface area contributed by atoms with Crippen LogP contribution in [0.25, 0.3) is 21.7 Å². The van der Waals surface area contributed by atoms with Gasteiger partial charge in [0.05, 0.1) is 15.9 Å². The summed E-state index contributed by atoms with van der Waals surface area (Å²) in [5.74, 6) is 0.0250. The van der Waals surface area contributed by atoms with Crippen molar-refractivity contribution in [2.24, 2.45) is 0 Å². The van der Waals surface area contributed by atoms with Crippen molar-refractivity contribution >= 4 is 34.1 Å². The number of carboxylic acids is 1. The lowest BCUT2D eigenvalue weighted by molar-refractivity contribution is -0.137. The highest BCUT2D eigenvalue weighted by Crippen LogP contribution is 2.29. The largest absolute Gasteiger partial charge is 0.481 e. The fourth-order valence-corrected chi connectivity index (χ4v) is 3.28. The van der Waals surface area contributed by atoms with Gasteiger partial charge in [-0.3, -0.25) is 9.59 Å². The second-order valence-corrected chi connectivity index (χ2v) is 6.27. The van der Waals surface area contributed by atoms with E-state index in [9.17, 15) is 9.59 Å². The average Bonchev–Trinajstić information content (AvgIpc) is 3.13. The van der Waals surface area contributed by atoms with E-state index in [0.717, 1.165) is 21.7 Å². The number of Topliss-reactive ketones (excluding diaryl/α,β-unsaturated/α-hetero) is 1. The molecule has 3 aromatic rings. The van der Waals surface area contributed by atoms with Gasteiger partial charge in [0.2, 0.25) is 0 Å². The Morgan fingerprint density at radius 2 is 2.13 bits per heavy atom. The minimum Gasteiger partial charge on any atom is -0.481 e. The maximum Gasteiger partial charge on any atom is 0.303 e. The minimum atomic E-state index is -0.800. The molecule has 0 unspecified atom stereocenters. The lowest BCUT2D eigenvalue weighted by Gasteiger charge is -2.07. The molecule has 0 amide bonds. The summed E-state index contributed by atoms with van der Waals surface area (Å²) in [6.45, 7) is 2.11. The summed E-state index contributed by atoms with van der Waals surface area (Å²) in [6.07, 6.45) is 0.655. The van der Waals surface area contributed by atoms with Crippen LogP contribution in [-0.4, -0.2) is 26.4 Å². The summed E-state index contributed by atoms with van der Waals surface area (Å²) >= 11 is 1.59. The van der Waals surface area contributed by atoms with Crippen molar-refractivity contribution in [1.82, 2.24) is 9.55 Å². The van der Waals surface area contributed by atoms with Crippen molar-refractivity contribution in [2.75, 3.05) is 0 Å². The molecule has 1 N–H and O–H groups in total. The molecule has 0 bridgehead atoms. The molecule has 0 saturated carbocycles. The Balaban J connectivity index is 2.07. The van der Waals surface area contributed by atoms with Crippen LogP contribution in [0.4, 0.5) is 0 Å². The zero-order valence-corrected chi connectivity index (χ0v) is 13.5. The van der Waals surface area contributed by atoms with Crippen LogP contribution in [-0.2, 0) is 11.3 Å². The lowest BCUT2D eigenvalue weighted by Crippen LogP contribution is -2.03. The molecule has 118 valence electrons. The molecule has 0 radical (unpaired) electrons. The molecule has 0 aliphatic carbocycles. The first-order chi connectivity index (χ1) is 11.1. The van der Waals surface area contributed by atoms with E-state index in [1.807, 2.05) is 28.1 Å². The first-order valence-electron chi connectivity index (χ1n) is 7.33. The number of thiophene rings is 1. The van der Waals surface area contributed by atoms with Crippen LogP contribution in [0, 0.1) is 0 Å². The van der Waals surface area contributed by atoms with Crippen LogP contribution in [0.15, 0.2) is 35.7 Å². The summed E-state index contributed by atoms with van der Waals surface area (Å²) in [4.78, 5) is 28.0. The maximum atomic E-state index is 11.6. The van der Waals surface area contributed by atoms with Crippen molar-refractivity contribution in [3.05, 3.63) is 41.3 Å². The molecule has 0 fully saturated rings. The number of carboxylic acid groups (broad SMARTS) is 1. The summed E-state index contributed by atoms with van der Waals surface area (Å²) in [7, 11) is 0. The molecule has 0 saturated heterocycles. The van der Waals surface area contributed by atoms with Crippen LogP contribution in [0.3, 0.4) is 0 Å². The molecule has 6 heteroatoms. The Hall–Kier alpha value is -2.47. The fourth-order valence-electron chi connectivity index (χ4n) is 2.56. The molecule has 2 aromatic heterocycles. The SMILES string of the molecule is CC(=O)c1ccc2c(c1)nc(-c1cccs1)n2CCCC(=O)O. The lowest BCUT2D eigenvalue weighted by atomic mass is 10.1. The number of benzene rings is 1. The van der Waals surface area contributed by atoms with Gasteiger partial charge in [0.1, 0.15) is 0 Å². The highest BCUT2D eigenvalue weighted by Gasteiger charge is 2.14. The standard InChI is InChI=1S/C17H16N2O3S/c1-11(20)12-6-7-14-13(10-12)18-17(15-4-3-9-23-15)19(14)8-2-5-16(21)22/h3-4,6-7,9-10H,2,5,8H2,1H3,(H,21,22). The number of aliphatic carboxylic acids is 1. The zero-order chi connectivity index (χ0) is 16.4. The Morgan fingerprint density at radius 3 is 2.78 bits per heavy atom. The molecule has 0 aliphatic heterocycles. The summed E-state index contributed by atoms with van der Waals surface area (Å²) in [6, 6.07) is 9.42. The van der Waals surface area contributed by atoms with Gasteiger partial charge in [0.25, 0.3) is 0 Å². The van der Waals surface area contributed by atoms with Gasteiger partial charge >= 0.3 is 5.97 Å². The van der Waals surface area contributed by atoms with Gasteiger partial charge in [-0.25, -0.2) is 4.98 Å². The Bertz CT molecular complexity index is 865. The van der Waals surface area contributed by atoms with E-state index in [1.165, 1.54) is 6.92 Å². The molecule has 23 heavy (non-hydrogen) atoms. The van der Waals surface area contributed by atoms with Gasteiger partial charge < -0.3 is 9.67 Å². The van der Waals surface area contributed by atoms with Crippen molar-refractivity contribution in [3.8, 4) is 10.7 Å². The quantitative estimate of drug-likeness (QED) is 0.698. The molecular weight excluding hydrogens is 312 g/mol. The highest BCUT2D eigenvalue weighted by molar-refractivity contribution is 7.13. The zero-order valence-electron chi connectivity index (χ0n) is 12.7. The second-order valence-electron chi connectivity index (χ2n) is 5.32. The predicted octanol–water partition coefficient (Wildman–Crippen LogP) is 3.83. The number of hydrogen-bond acceptors (Lipinski definition) is 4. The number of nitrogens with zero attached hydrogens (tertiary/aromatic N) is 2. The van der Waals surface area contributed by atoms with Crippen LogP contribution in [0.1, 0.15) is 30.1 Å². The predicted molar refractivity (Wildman–Crippen MR) is 89.9 cm³/mol. The summed E-state index contributed by atoms with van der Waals surface area (Å²) in [5, 5.41) is 10.8. The first kappa shape index (κ1) is 15.4. The molecule has 3 rings (SSSR count). The van der Waals surface area contributed by atoms with Crippen LogP contribution in [0.2, 0.25) is 0 Å². The third kappa shape index (κ3) is 3.17. The number of rotatable bonds is 6. The monoisotopic (exact) mass is 328 g/mol. The molecule has 1 aromatic carbocycles. The van der Waals surface area contributed by atoms with Gasteiger partial charge in [0.15, 0.2) is 11.6 Å². The third-order valence-electron chi connectivity index (χ3n) is 3.67. The van der Waals surface area contributed by atoms with Gasteiger partial charge in [-0.1, -0.05) is 6.07 Å². The van der Waals surface area contributed by atoms with E-state index >= 15 is 0 Å². The molecule has 0 atom stereocenters. The van der Waals surface area contributed by atoms with Crippen molar-refractivity contribution in [2.45, 2.75) is 26.3 Å². The normalized spacial score (nSPS) is 11.0. The number of carbonyl (C=O) groups is 2. The van der Waals surface area contributed by atoms with Crippen molar-refractivity contribution in [1.29, 1.82) is 0 Å². The van der Waals surface area contributed by atoms with Crippen molar-refractivity contribution in [3.63, 3.8) is 0 Å². The van der Waals surface area contributed by atoms with E-state index in [0.29, 0.717) is 18.5 Å². The number of aromatic nitrogens is 2. The number of imidazole rings is 1. The summed E-state index contributed by atoms with van der Waals surface area (Å²) < 4.78 is 2.04. The van der Waals surface area contributed by atoms with Crippen LogP contribution in [0.5, 0.6) is 0 Å². The number of fused-ring (bicyclic) bond motifs is 1. The number of carbonyl (C=O) groups excluding carboxylic acids is 1. The van der Waals surface area contributed by atoms with E-state index in [-0.39, 0.29) is 12.2 Å². The second kappa shape index (κ2) is 6.34. The van der Waals surface area contributed by atoms with Gasteiger partial charge in [0, 0.05) is 18.5 Å². The average molecular weight is 328 g/mol. The van der Waals surface area contributed by atoms with Crippen LogP contribution < -0.4 is 0 Å². The Morgan fingerprint density at radius 1 is 1.30 bits per heavy atom. The third-order valence-corrected chi connectivity index (χ3v) is 4.53. The van der Waals surface area contributed by atoms with Gasteiger partial charge in [-0.15, -0.1) is 11.3 Å². The highest BCUT2D eigenvalue weighted by atomic mass is 32.1. The van der Waals surface area contributed by atoms with E-state index < -0.39 is 5.97 Å². The number of ketones is 1. The van der Waals surface area contributed by atoms with Crippen LogP contribution >= 0.6 is 11.3 Å². The van der Waals surface area contributed by atoms with Gasteiger partial charge in [-0.2, -0.15) is 0 Å². The number of aryl methyl sites for hydroxylation is 1. The first-order valence-corrected chi connectivity index (χ1v) is 8.21. The smallest absolute Gasteiger partial charge is 0.303 e.